The Morgan fingerprint density at radius 3 is 0.486 bits per heavy atom. The second-order valence-corrected chi connectivity index (χ2v) is 30.1. The van der Waals surface area contributed by atoms with E-state index in [1.807, 2.05) is 0 Å². The fourth-order valence-corrected chi connectivity index (χ4v) is 11.7. The third-order valence-electron chi connectivity index (χ3n) is 18.5. The van der Waals surface area contributed by atoms with Crippen molar-refractivity contribution < 1.29 is 13.4 Å². The average molecular weight is 1380 g/mol. The van der Waals surface area contributed by atoms with Crippen LogP contribution in [0, 0.1) is 420 Å². The van der Waals surface area contributed by atoms with Crippen LogP contribution in [-0.2, 0) is 0 Å². The molecule has 512 valence electrons. The van der Waals surface area contributed by atoms with Crippen molar-refractivity contribution in [3.8, 4) is 392 Å². The molecular formula is C104H84N3+3. The summed E-state index contributed by atoms with van der Waals surface area (Å²) in [5.41, 5.74) is 3.34. The molecule has 3 heteroatoms. The maximum atomic E-state index is 4.94. The van der Waals surface area contributed by atoms with Crippen LogP contribution in [0.5, 0.6) is 0 Å². The first-order chi connectivity index (χ1) is 50.2. The van der Waals surface area contributed by atoms with Gasteiger partial charge in [0.25, 0.3) is 0 Å². The molecule has 1 atom stereocenters. The van der Waals surface area contributed by atoms with Gasteiger partial charge in [-0.3, -0.25) is 0 Å². The lowest BCUT2D eigenvalue weighted by Gasteiger charge is -2.71. The number of hydrogen-bond donors (Lipinski definition) is 0. The number of likely N-dealkylation sites (tertiary alicyclic amines) is 1. The van der Waals surface area contributed by atoms with Gasteiger partial charge in [0, 0.05) is 290 Å². The van der Waals surface area contributed by atoms with E-state index in [4.69, 9.17) is 12.8 Å². The summed E-state index contributed by atoms with van der Waals surface area (Å²) in [7, 11) is 13.9. The number of quaternary nitrogens is 3. The van der Waals surface area contributed by atoms with Gasteiger partial charge in [-0.05, 0) is 208 Å². The standard InChI is InChI=1S/C66H2.C17H34N.C14H30N.C7H18N/c1-3-5-7-9-11-13-15-17-19-21-23-25-27-29-31-33-35-37-39-41-43-45-47-49-51-53-55-57-59-61-63-65-66-64-62-60-58-56-54-52-50-48-46-44-42-40-38-36-34-32-30-28-26-24-22-20-18-16-14-12-10-8-6-4-2;1-14(2,3)11-12-13-16(6,7)18(10,15(12,4)5)17(13,8)9;1-12(2,3)10-11-13(4,5)15(8,9)14(11,6)7;1-7(2,3)8(4,5)6/h1-2H;12-13H,11H2,1-10H3;11H,10H2,1-9H3;1-6H3/q;3*+1. The van der Waals surface area contributed by atoms with Crippen molar-refractivity contribution in [3.63, 3.8) is 0 Å². The molecule has 0 N–H and O–H groups in total. The Balaban J connectivity index is 0.00000215. The molecule has 0 radical (unpaired) electrons. The first-order valence-electron chi connectivity index (χ1n) is 33.2. The van der Waals surface area contributed by atoms with Gasteiger partial charge in [-0.2, -0.15) is 0 Å². The summed E-state index contributed by atoms with van der Waals surface area (Å²) >= 11 is 0. The fraction of sp³-hybridized carbons (Fsp3) is 0.365. The van der Waals surface area contributed by atoms with Crippen molar-refractivity contribution in [1.29, 1.82) is 0 Å². The van der Waals surface area contributed by atoms with E-state index >= 15 is 0 Å². The average Bonchev–Trinajstić information content (AvgIpc) is 1.46. The third kappa shape index (κ3) is 34.1. The number of rotatable bonds is 2. The van der Waals surface area contributed by atoms with Crippen LogP contribution in [0.2, 0.25) is 0 Å². The lowest BCUT2D eigenvalue weighted by Crippen LogP contribution is -2.84. The SMILES string of the molecule is C#CC#CC#CC#CC#CC#CC#CC#CC#CC#CC#CC#CC#CC#CC#CC#CC#CC#CC#CC#CC#CC#CC#CC#CC#CC#CC#CC#CC#CC#CC#CC#CC#C.CC(C)(C)CC1C(C)(C)[N+](C)(C)C1(C)C.CC(C)(C)CC1C2C(C)(C)[N+](C)(C1(C)C)C2(C)C.CC(C)(C)[N+](C)(C)C. The van der Waals surface area contributed by atoms with Gasteiger partial charge < -0.3 is 13.4 Å². The first kappa shape index (κ1) is 92.4. The normalized spacial score (nSPS) is 14.8. The highest BCUT2D eigenvalue weighted by Crippen LogP contribution is 2.73. The summed E-state index contributed by atoms with van der Waals surface area (Å²) in [5.74, 6) is 161. The number of hydrogen-bond acceptors (Lipinski definition) is 0. The van der Waals surface area contributed by atoms with Gasteiger partial charge >= 0.3 is 0 Å². The highest BCUT2D eigenvalue weighted by Gasteiger charge is 2.86. The van der Waals surface area contributed by atoms with Crippen molar-refractivity contribution in [2.24, 2.45) is 28.6 Å². The maximum Gasteiger partial charge on any atom is 0.104 e. The molecule has 4 aliphatic rings. The summed E-state index contributed by atoms with van der Waals surface area (Å²) in [6, 6.07) is 0. The van der Waals surface area contributed by atoms with Crippen molar-refractivity contribution in [2.75, 3.05) is 42.3 Å². The molecule has 0 aromatic carbocycles. The van der Waals surface area contributed by atoms with Crippen LogP contribution in [0.3, 0.4) is 0 Å². The van der Waals surface area contributed by atoms with E-state index in [0.29, 0.717) is 44.1 Å². The second-order valence-electron chi connectivity index (χ2n) is 30.1. The minimum Gasteiger partial charge on any atom is -0.327 e. The molecule has 0 aromatic rings. The first-order valence-corrected chi connectivity index (χ1v) is 33.2. The van der Waals surface area contributed by atoms with E-state index < -0.39 is 0 Å². The molecule has 4 fully saturated rings. The molecule has 4 aliphatic heterocycles. The van der Waals surface area contributed by atoms with Gasteiger partial charge in [-0.25, -0.2) is 0 Å². The third-order valence-corrected chi connectivity index (χ3v) is 18.5. The van der Waals surface area contributed by atoms with E-state index in [1.54, 1.807) is 0 Å². The second kappa shape index (κ2) is 46.7. The summed E-state index contributed by atoms with van der Waals surface area (Å²) < 4.78 is 3.40. The van der Waals surface area contributed by atoms with Crippen LogP contribution in [-0.4, -0.2) is 89.0 Å². The van der Waals surface area contributed by atoms with E-state index in [1.165, 1.54) is 17.3 Å². The predicted molar refractivity (Wildman–Crippen MR) is 444 cm³/mol. The van der Waals surface area contributed by atoms with Crippen molar-refractivity contribution in [1.82, 2.24) is 0 Å². The zero-order chi connectivity index (χ0) is 80.9. The van der Waals surface area contributed by atoms with E-state index in [2.05, 4.69) is 553 Å². The minimum atomic E-state index is 0.375. The minimum absolute atomic E-state index is 0.375. The van der Waals surface area contributed by atoms with E-state index in [0.717, 1.165) is 26.7 Å². The summed E-state index contributed by atoms with van der Waals surface area (Å²) in [4.78, 5) is 0. The topological polar surface area (TPSA) is 0 Å². The summed E-state index contributed by atoms with van der Waals surface area (Å²) in [6.45, 7) is 45.7. The Labute approximate surface area is 649 Å². The van der Waals surface area contributed by atoms with Crippen molar-refractivity contribution >= 4 is 0 Å². The lowest BCUT2D eigenvalue weighted by atomic mass is 9.56. The van der Waals surface area contributed by atoms with Crippen LogP contribution in [0.25, 0.3) is 0 Å². The molecule has 0 aliphatic carbocycles. The molecule has 0 spiro atoms. The van der Waals surface area contributed by atoms with Crippen LogP contribution in [0.1, 0.15) is 144 Å². The molecule has 107 heavy (non-hydrogen) atoms. The Morgan fingerprint density at radius 1 is 0.243 bits per heavy atom. The highest BCUT2D eigenvalue weighted by molar-refractivity contribution is 5.53. The Bertz CT molecular complexity index is 5430. The maximum absolute atomic E-state index is 4.94. The van der Waals surface area contributed by atoms with Gasteiger partial charge in [-0.1, -0.05) is 41.5 Å². The largest absolute Gasteiger partial charge is 0.327 e. The van der Waals surface area contributed by atoms with Crippen LogP contribution < -0.4 is 0 Å². The molecule has 0 saturated carbocycles. The zero-order valence-corrected chi connectivity index (χ0v) is 66.6. The van der Waals surface area contributed by atoms with Crippen LogP contribution >= 0.6 is 0 Å². The quantitative estimate of drug-likeness (QED) is 0.191. The van der Waals surface area contributed by atoms with Crippen LogP contribution in [0.4, 0.5) is 0 Å². The fourth-order valence-electron chi connectivity index (χ4n) is 11.7. The number of terminal acetylenes is 2. The molecule has 3 nitrogen and oxygen atoms in total. The van der Waals surface area contributed by atoms with Gasteiger partial charge in [0.05, 0.1) is 65.2 Å². The highest BCUT2D eigenvalue weighted by atomic mass is 15.6. The number of fused-ring (bicyclic) bond motifs is 1. The van der Waals surface area contributed by atoms with E-state index in [-0.39, 0.29) is 0 Å². The molecule has 2 bridgehead atoms. The zero-order valence-electron chi connectivity index (χ0n) is 66.6. The Kier molecular flexibility index (Phi) is 40.3. The van der Waals surface area contributed by atoms with Gasteiger partial charge in [0.15, 0.2) is 0 Å². The molecule has 0 aromatic heterocycles. The van der Waals surface area contributed by atoms with Gasteiger partial charge in [-0.15, -0.1) is 12.8 Å². The lowest BCUT2D eigenvalue weighted by molar-refractivity contribution is -1.06. The van der Waals surface area contributed by atoms with E-state index in [9.17, 15) is 0 Å². The molecular weight excluding hydrogens is 1290 g/mol. The summed E-state index contributed by atoms with van der Waals surface area (Å²) in [6.07, 6.45) is 12.6. The van der Waals surface area contributed by atoms with Gasteiger partial charge in [0.1, 0.15) is 22.2 Å². The predicted octanol–water partition coefficient (Wildman–Crippen LogP) is 10.00. The van der Waals surface area contributed by atoms with Gasteiger partial charge in [0.2, 0.25) is 0 Å². The smallest absolute Gasteiger partial charge is 0.104 e. The summed E-state index contributed by atoms with van der Waals surface area (Å²) in [5, 5.41) is 0. The Morgan fingerprint density at radius 2 is 0.383 bits per heavy atom. The molecule has 4 saturated heterocycles. The Hall–Kier alpha value is -14.6. The molecule has 1 unspecified atom stereocenters. The van der Waals surface area contributed by atoms with Crippen LogP contribution in [0.15, 0.2) is 0 Å². The molecule has 4 heterocycles. The monoisotopic (exact) mass is 1370 g/mol. The number of nitrogens with zero attached hydrogens (tertiary/aromatic N) is 3. The molecule has 0 amide bonds. The van der Waals surface area contributed by atoms with Crippen molar-refractivity contribution in [3.05, 3.63) is 0 Å². The molecule has 4 rings (SSSR count). The van der Waals surface area contributed by atoms with Crippen molar-refractivity contribution in [2.45, 2.75) is 178 Å².